The molecule has 3 N–H and O–H groups in total. The SMILES string of the molecule is Nc1ccc(S(=O)(=O)c2ccc(S(=O)(=O)CC(CC(=O)O)c3ccccc3)cc2)cc1. The number of benzene rings is 3. The summed E-state index contributed by atoms with van der Waals surface area (Å²) in [6.07, 6.45) is -0.340. The fourth-order valence-electron chi connectivity index (χ4n) is 3.18. The van der Waals surface area contributed by atoms with Crippen molar-refractivity contribution in [1.82, 2.24) is 0 Å². The largest absolute Gasteiger partial charge is 0.481 e. The van der Waals surface area contributed by atoms with Gasteiger partial charge in [0.25, 0.3) is 0 Å². The molecule has 1 atom stereocenters. The molecule has 0 aliphatic heterocycles. The molecule has 3 rings (SSSR count). The van der Waals surface area contributed by atoms with E-state index < -0.39 is 37.3 Å². The lowest BCUT2D eigenvalue weighted by Crippen LogP contribution is -2.18. The van der Waals surface area contributed by atoms with Gasteiger partial charge in [-0.1, -0.05) is 30.3 Å². The molecule has 9 heteroatoms. The number of carboxylic acids is 1. The number of hydrogen-bond acceptors (Lipinski definition) is 6. The third-order valence-corrected chi connectivity index (χ3v) is 8.41. The topological polar surface area (TPSA) is 132 Å². The van der Waals surface area contributed by atoms with E-state index in [0.29, 0.717) is 11.3 Å². The monoisotopic (exact) mass is 459 g/mol. The van der Waals surface area contributed by atoms with Crippen LogP contribution in [0.1, 0.15) is 17.9 Å². The predicted octanol–water partition coefficient (Wildman–Crippen LogP) is 3.13. The molecule has 0 aliphatic carbocycles. The maximum absolute atomic E-state index is 12.9. The van der Waals surface area contributed by atoms with Crippen LogP contribution < -0.4 is 5.73 Å². The number of carboxylic acid groups (broad SMARTS) is 1. The number of rotatable bonds is 8. The van der Waals surface area contributed by atoms with Crippen LogP contribution in [0, 0.1) is 0 Å². The molecule has 0 fully saturated rings. The van der Waals surface area contributed by atoms with Gasteiger partial charge in [-0.25, -0.2) is 16.8 Å². The van der Waals surface area contributed by atoms with Crippen molar-refractivity contribution < 1.29 is 26.7 Å². The van der Waals surface area contributed by atoms with Crippen LogP contribution >= 0.6 is 0 Å². The molecular weight excluding hydrogens is 438 g/mol. The molecule has 162 valence electrons. The van der Waals surface area contributed by atoms with Gasteiger partial charge in [-0.2, -0.15) is 0 Å². The molecule has 31 heavy (non-hydrogen) atoms. The first-order valence-electron chi connectivity index (χ1n) is 9.30. The minimum Gasteiger partial charge on any atom is -0.481 e. The van der Waals surface area contributed by atoms with Crippen LogP contribution in [0.15, 0.2) is 93.5 Å². The molecule has 3 aromatic rings. The summed E-state index contributed by atoms with van der Waals surface area (Å²) >= 11 is 0. The molecule has 0 spiro atoms. The van der Waals surface area contributed by atoms with E-state index in [4.69, 9.17) is 5.73 Å². The molecule has 0 amide bonds. The molecular formula is C22H21NO6S2. The van der Waals surface area contributed by atoms with Gasteiger partial charge in [0.05, 0.1) is 26.9 Å². The molecule has 3 aromatic carbocycles. The van der Waals surface area contributed by atoms with Crippen LogP contribution in [0.3, 0.4) is 0 Å². The van der Waals surface area contributed by atoms with E-state index in [1.165, 1.54) is 48.5 Å². The van der Waals surface area contributed by atoms with Gasteiger partial charge < -0.3 is 10.8 Å². The van der Waals surface area contributed by atoms with Gasteiger partial charge >= 0.3 is 5.97 Å². The number of carbonyl (C=O) groups is 1. The minimum absolute atomic E-state index is 0.0444. The van der Waals surface area contributed by atoms with Crippen LogP contribution in [0.2, 0.25) is 0 Å². The Balaban J connectivity index is 1.88. The Morgan fingerprint density at radius 1 is 0.774 bits per heavy atom. The van der Waals surface area contributed by atoms with Crippen molar-refractivity contribution in [2.75, 3.05) is 11.5 Å². The highest BCUT2D eigenvalue weighted by Crippen LogP contribution is 2.27. The maximum Gasteiger partial charge on any atom is 0.303 e. The van der Waals surface area contributed by atoms with E-state index in [1.807, 2.05) is 0 Å². The predicted molar refractivity (Wildman–Crippen MR) is 116 cm³/mol. The fourth-order valence-corrected chi connectivity index (χ4v) is 6.02. The Bertz CT molecular complexity index is 1270. The van der Waals surface area contributed by atoms with Crippen LogP contribution in [0.25, 0.3) is 0 Å². The van der Waals surface area contributed by atoms with Crippen LogP contribution in [0.4, 0.5) is 5.69 Å². The summed E-state index contributed by atoms with van der Waals surface area (Å²) in [6, 6.07) is 19.2. The van der Waals surface area contributed by atoms with Gasteiger partial charge in [-0.3, -0.25) is 4.79 Å². The Kier molecular flexibility index (Phi) is 6.47. The van der Waals surface area contributed by atoms with Crippen LogP contribution in [-0.4, -0.2) is 33.7 Å². The first kappa shape index (κ1) is 22.5. The Morgan fingerprint density at radius 2 is 1.26 bits per heavy atom. The van der Waals surface area contributed by atoms with Gasteiger partial charge in [0.2, 0.25) is 9.84 Å². The molecule has 1 unspecified atom stereocenters. The Hall–Kier alpha value is -3.17. The molecule has 0 saturated carbocycles. The molecule has 7 nitrogen and oxygen atoms in total. The fraction of sp³-hybridized carbons (Fsp3) is 0.136. The molecule has 0 aromatic heterocycles. The van der Waals surface area contributed by atoms with E-state index in [1.54, 1.807) is 30.3 Å². The molecule has 0 bridgehead atoms. The number of hydrogen-bond donors (Lipinski definition) is 2. The van der Waals surface area contributed by atoms with Crippen molar-refractivity contribution in [2.24, 2.45) is 0 Å². The van der Waals surface area contributed by atoms with Crippen LogP contribution in [0.5, 0.6) is 0 Å². The summed E-state index contributed by atoms with van der Waals surface area (Å²) in [5.41, 5.74) is 6.62. The van der Waals surface area contributed by atoms with E-state index in [-0.39, 0.29) is 21.1 Å². The zero-order valence-electron chi connectivity index (χ0n) is 16.4. The third-order valence-electron chi connectivity index (χ3n) is 4.80. The summed E-state index contributed by atoms with van der Waals surface area (Å²) in [5.74, 6) is -2.25. The molecule has 0 saturated heterocycles. The summed E-state index contributed by atoms with van der Waals surface area (Å²) < 4.78 is 51.3. The number of nitrogen functional groups attached to an aromatic ring is 1. The van der Waals surface area contributed by atoms with Gasteiger partial charge in [0.15, 0.2) is 9.84 Å². The van der Waals surface area contributed by atoms with Crippen molar-refractivity contribution in [3.05, 3.63) is 84.4 Å². The highest BCUT2D eigenvalue weighted by Gasteiger charge is 2.26. The highest BCUT2D eigenvalue weighted by atomic mass is 32.2. The van der Waals surface area contributed by atoms with Gasteiger partial charge in [0, 0.05) is 11.6 Å². The van der Waals surface area contributed by atoms with Crippen molar-refractivity contribution in [1.29, 1.82) is 0 Å². The zero-order valence-corrected chi connectivity index (χ0v) is 18.0. The first-order chi connectivity index (χ1) is 14.6. The van der Waals surface area contributed by atoms with E-state index >= 15 is 0 Å². The van der Waals surface area contributed by atoms with Gasteiger partial charge in [-0.05, 0) is 54.1 Å². The average Bonchev–Trinajstić information content (AvgIpc) is 2.74. The van der Waals surface area contributed by atoms with Crippen molar-refractivity contribution in [3.8, 4) is 0 Å². The van der Waals surface area contributed by atoms with Crippen LogP contribution in [-0.2, 0) is 24.5 Å². The maximum atomic E-state index is 12.9. The normalized spacial score (nSPS) is 12.9. The second-order valence-electron chi connectivity index (χ2n) is 7.03. The molecule has 0 radical (unpaired) electrons. The minimum atomic E-state index is -3.86. The number of nitrogens with two attached hydrogens (primary N) is 1. The quantitative estimate of drug-likeness (QED) is 0.495. The second kappa shape index (κ2) is 8.91. The van der Waals surface area contributed by atoms with E-state index in [0.717, 1.165) is 0 Å². The average molecular weight is 460 g/mol. The van der Waals surface area contributed by atoms with Crippen molar-refractivity contribution >= 4 is 31.3 Å². The number of anilines is 1. The standard InChI is InChI=1S/C22H21NO6S2/c23-18-6-8-20(9-7-18)31(28,29)21-12-10-19(11-13-21)30(26,27)15-17(14-22(24)25)16-4-2-1-3-5-16/h1-13,17H,14-15,23H2,(H,24,25). The van der Waals surface area contributed by atoms with E-state index in [2.05, 4.69) is 0 Å². The third kappa shape index (κ3) is 5.31. The van der Waals surface area contributed by atoms with Crippen molar-refractivity contribution in [3.63, 3.8) is 0 Å². The first-order valence-corrected chi connectivity index (χ1v) is 12.4. The summed E-state index contributed by atoms with van der Waals surface area (Å²) in [7, 11) is -7.69. The molecule has 0 heterocycles. The lowest BCUT2D eigenvalue weighted by molar-refractivity contribution is -0.137. The van der Waals surface area contributed by atoms with E-state index in [9.17, 15) is 26.7 Å². The number of aliphatic carboxylic acids is 1. The second-order valence-corrected chi connectivity index (χ2v) is 11.0. The smallest absolute Gasteiger partial charge is 0.303 e. The molecule has 0 aliphatic rings. The summed E-state index contributed by atoms with van der Waals surface area (Å²) in [4.78, 5) is 11.2. The summed E-state index contributed by atoms with van der Waals surface area (Å²) in [5, 5.41) is 9.19. The highest BCUT2D eigenvalue weighted by molar-refractivity contribution is 7.92. The van der Waals surface area contributed by atoms with Gasteiger partial charge in [0.1, 0.15) is 0 Å². The van der Waals surface area contributed by atoms with Gasteiger partial charge in [-0.15, -0.1) is 0 Å². The zero-order chi connectivity index (χ0) is 22.6. The summed E-state index contributed by atoms with van der Waals surface area (Å²) in [6.45, 7) is 0. The number of sulfone groups is 2. The Morgan fingerprint density at radius 3 is 1.77 bits per heavy atom. The van der Waals surface area contributed by atoms with Crippen molar-refractivity contribution in [2.45, 2.75) is 27.0 Å². The lowest BCUT2D eigenvalue weighted by Gasteiger charge is -2.16. The lowest BCUT2D eigenvalue weighted by atomic mass is 9.98. The Labute approximate surface area is 181 Å².